The molecule has 1 aliphatic rings. The largest absolute Gasteiger partial charge is 0.497 e. The molecule has 0 spiro atoms. The molecular weight excluding hydrogens is 446 g/mol. The monoisotopic (exact) mass is 469 g/mol. The number of amides is 1. The summed E-state index contributed by atoms with van der Waals surface area (Å²) >= 11 is 6.08. The summed E-state index contributed by atoms with van der Waals surface area (Å²) in [6.07, 6.45) is 0.971. The van der Waals surface area contributed by atoms with E-state index < -0.39 is 5.97 Å². The van der Waals surface area contributed by atoms with E-state index in [4.69, 9.17) is 21.4 Å². The molecule has 0 saturated carbocycles. The van der Waals surface area contributed by atoms with Gasteiger partial charge in [0.15, 0.2) is 0 Å². The number of carbonyl (C=O) groups excluding carboxylic acids is 1. The zero-order chi connectivity index (χ0) is 23.4. The first kappa shape index (κ1) is 22.6. The van der Waals surface area contributed by atoms with Crippen LogP contribution in [-0.2, 0) is 9.59 Å². The standard InChI is InChI=1S/C23H24ClN5O4/c1-33-17-11-7-14(8-12-17)18-13-19(15-5-9-16(24)10-6-15)29-23(25-18)27-22(28-29)26-20(30)3-2-4-21(31)32/h5-12,18-19H,2-4,13H2,1H3,(H,31,32)(H2,25,26,27,28,30)/t18-,19+/m0/s1. The molecule has 10 heteroatoms. The highest BCUT2D eigenvalue weighted by atomic mass is 35.5. The number of carbonyl (C=O) groups is 2. The molecule has 0 saturated heterocycles. The van der Waals surface area contributed by atoms with Crippen LogP contribution in [0.3, 0.4) is 0 Å². The molecule has 0 unspecified atom stereocenters. The Hall–Kier alpha value is -3.59. The summed E-state index contributed by atoms with van der Waals surface area (Å²) in [5.41, 5.74) is 2.09. The van der Waals surface area contributed by atoms with Gasteiger partial charge in [0, 0.05) is 17.9 Å². The fourth-order valence-electron chi connectivity index (χ4n) is 3.84. The van der Waals surface area contributed by atoms with Crippen LogP contribution in [0.15, 0.2) is 48.5 Å². The van der Waals surface area contributed by atoms with E-state index in [1.165, 1.54) is 0 Å². The van der Waals surface area contributed by atoms with Crippen LogP contribution in [-0.4, -0.2) is 38.9 Å². The number of nitrogens with one attached hydrogen (secondary N) is 2. The number of nitrogens with zero attached hydrogens (tertiary/aromatic N) is 3. The average molecular weight is 470 g/mol. The minimum atomic E-state index is -0.932. The van der Waals surface area contributed by atoms with Crippen LogP contribution < -0.4 is 15.4 Å². The molecular formula is C23H24ClN5O4. The highest BCUT2D eigenvalue weighted by molar-refractivity contribution is 6.30. The number of carboxylic acids is 1. The third-order valence-electron chi connectivity index (χ3n) is 5.51. The van der Waals surface area contributed by atoms with E-state index in [1.807, 2.05) is 48.5 Å². The number of fused-ring (bicyclic) bond motifs is 1. The predicted octanol–water partition coefficient (Wildman–Crippen LogP) is 4.28. The molecule has 1 amide bonds. The van der Waals surface area contributed by atoms with Crippen molar-refractivity contribution in [1.82, 2.24) is 14.8 Å². The van der Waals surface area contributed by atoms with Gasteiger partial charge >= 0.3 is 5.97 Å². The summed E-state index contributed by atoms with van der Waals surface area (Å²) in [5, 5.41) is 20.0. The minimum absolute atomic E-state index is 0.0348. The summed E-state index contributed by atoms with van der Waals surface area (Å²) < 4.78 is 7.02. The van der Waals surface area contributed by atoms with Crippen molar-refractivity contribution in [3.8, 4) is 5.75 Å². The molecule has 3 N–H and O–H groups in total. The van der Waals surface area contributed by atoms with Gasteiger partial charge in [0.25, 0.3) is 5.95 Å². The van der Waals surface area contributed by atoms with E-state index in [-0.39, 0.29) is 43.2 Å². The molecule has 2 heterocycles. The summed E-state index contributed by atoms with van der Waals surface area (Å²) in [5.74, 6) is 0.224. The van der Waals surface area contributed by atoms with Gasteiger partial charge in [-0.2, -0.15) is 4.98 Å². The lowest BCUT2D eigenvalue weighted by Crippen LogP contribution is -2.28. The molecule has 1 aromatic heterocycles. The van der Waals surface area contributed by atoms with Gasteiger partial charge in [-0.3, -0.25) is 14.9 Å². The maximum Gasteiger partial charge on any atom is 0.303 e. The Kier molecular flexibility index (Phi) is 6.79. The van der Waals surface area contributed by atoms with Crippen molar-refractivity contribution in [1.29, 1.82) is 0 Å². The first-order valence-corrected chi connectivity index (χ1v) is 10.9. The van der Waals surface area contributed by atoms with E-state index in [1.54, 1.807) is 11.8 Å². The molecule has 4 rings (SSSR count). The van der Waals surface area contributed by atoms with Crippen molar-refractivity contribution in [3.63, 3.8) is 0 Å². The van der Waals surface area contributed by atoms with Crippen molar-refractivity contribution in [2.24, 2.45) is 0 Å². The Morgan fingerprint density at radius 1 is 1.15 bits per heavy atom. The topological polar surface area (TPSA) is 118 Å². The lowest BCUT2D eigenvalue weighted by Gasteiger charge is -2.31. The van der Waals surface area contributed by atoms with Gasteiger partial charge in [-0.15, -0.1) is 5.10 Å². The summed E-state index contributed by atoms with van der Waals surface area (Å²) in [7, 11) is 1.63. The number of hydrogen-bond acceptors (Lipinski definition) is 6. The van der Waals surface area contributed by atoms with Crippen molar-refractivity contribution in [3.05, 3.63) is 64.7 Å². The zero-order valence-electron chi connectivity index (χ0n) is 18.0. The number of halogens is 1. The summed E-state index contributed by atoms with van der Waals surface area (Å²) in [6, 6.07) is 15.3. The second-order valence-electron chi connectivity index (χ2n) is 7.77. The smallest absolute Gasteiger partial charge is 0.303 e. The number of hydrogen-bond donors (Lipinski definition) is 3. The third kappa shape index (κ3) is 5.43. The van der Waals surface area contributed by atoms with Crippen LogP contribution in [0.1, 0.15) is 48.9 Å². The quantitative estimate of drug-likeness (QED) is 0.450. The molecule has 172 valence electrons. The molecule has 0 aliphatic carbocycles. The van der Waals surface area contributed by atoms with Crippen LogP contribution in [0.5, 0.6) is 5.75 Å². The molecule has 0 fully saturated rings. The molecule has 9 nitrogen and oxygen atoms in total. The maximum absolute atomic E-state index is 12.2. The third-order valence-corrected chi connectivity index (χ3v) is 5.76. The fraction of sp³-hybridized carbons (Fsp3) is 0.304. The number of anilines is 2. The van der Waals surface area contributed by atoms with E-state index in [9.17, 15) is 9.59 Å². The molecule has 3 aromatic rings. The number of methoxy groups -OCH3 is 1. The SMILES string of the molecule is COc1ccc([C@@H]2C[C@H](c3ccc(Cl)cc3)n3nc(NC(=O)CCCC(=O)O)nc3N2)cc1. The Morgan fingerprint density at radius 2 is 1.85 bits per heavy atom. The van der Waals surface area contributed by atoms with Crippen molar-refractivity contribution < 1.29 is 19.4 Å². The number of carboxylic acid groups (broad SMARTS) is 1. The first-order chi connectivity index (χ1) is 15.9. The van der Waals surface area contributed by atoms with E-state index in [2.05, 4.69) is 20.7 Å². The highest BCUT2D eigenvalue weighted by Crippen LogP contribution is 2.38. The van der Waals surface area contributed by atoms with Gasteiger partial charge in [-0.25, -0.2) is 4.68 Å². The fourth-order valence-corrected chi connectivity index (χ4v) is 3.96. The number of aromatic nitrogens is 3. The van der Waals surface area contributed by atoms with Gasteiger partial charge < -0.3 is 15.2 Å². The van der Waals surface area contributed by atoms with Gasteiger partial charge in [-0.05, 0) is 48.2 Å². The maximum atomic E-state index is 12.2. The normalized spacial score (nSPS) is 17.0. The lowest BCUT2D eigenvalue weighted by atomic mass is 9.93. The first-order valence-electron chi connectivity index (χ1n) is 10.6. The number of rotatable bonds is 8. The van der Waals surface area contributed by atoms with E-state index in [0.717, 1.165) is 16.9 Å². The molecule has 2 aromatic carbocycles. The number of ether oxygens (including phenoxy) is 1. The van der Waals surface area contributed by atoms with Crippen LogP contribution in [0.25, 0.3) is 0 Å². The molecule has 33 heavy (non-hydrogen) atoms. The van der Waals surface area contributed by atoms with Gasteiger partial charge in [-0.1, -0.05) is 35.9 Å². The zero-order valence-corrected chi connectivity index (χ0v) is 18.7. The van der Waals surface area contributed by atoms with Crippen LogP contribution in [0.2, 0.25) is 5.02 Å². The van der Waals surface area contributed by atoms with Gasteiger partial charge in [0.1, 0.15) is 5.75 Å². The lowest BCUT2D eigenvalue weighted by molar-refractivity contribution is -0.137. The minimum Gasteiger partial charge on any atom is -0.497 e. The second-order valence-corrected chi connectivity index (χ2v) is 8.21. The van der Waals surface area contributed by atoms with E-state index >= 15 is 0 Å². The Morgan fingerprint density at radius 3 is 2.52 bits per heavy atom. The Bertz CT molecular complexity index is 1130. The summed E-state index contributed by atoms with van der Waals surface area (Å²) in [6.45, 7) is 0. The molecule has 0 bridgehead atoms. The Labute approximate surface area is 195 Å². The van der Waals surface area contributed by atoms with Crippen molar-refractivity contribution >= 4 is 35.4 Å². The van der Waals surface area contributed by atoms with E-state index in [0.29, 0.717) is 17.4 Å². The number of aliphatic carboxylic acids is 1. The van der Waals surface area contributed by atoms with Gasteiger partial charge in [0.2, 0.25) is 11.9 Å². The second kappa shape index (κ2) is 9.91. The predicted molar refractivity (Wildman–Crippen MR) is 124 cm³/mol. The summed E-state index contributed by atoms with van der Waals surface area (Å²) in [4.78, 5) is 27.3. The van der Waals surface area contributed by atoms with Gasteiger partial charge in [0.05, 0.1) is 19.2 Å². The highest BCUT2D eigenvalue weighted by Gasteiger charge is 2.31. The van der Waals surface area contributed by atoms with Crippen LogP contribution >= 0.6 is 11.6 Å². The van der Waals surface area contributed by atoms with Crippen molar-refractivity contribution in [2.45, 2.75) is 37.8 Å². The molecule has 2 atom stereocenters. The van der Waals surface area contributed by atoms with Crippen LogP contribution in [0, 0.1) is 0 Å². The molecule has 0 radical (unpaired) electrons. The van der Waals surface area contributed by atoms with Crippen LogP contribution in [0.4, 0.5) is 11.9 Å². The Balaban J connectivity index is 1.59. The average Bonchev–Trinajstić information content (AvgIpc) is 3.21. The van der Waals surface area contributed by atoms with Crippen molar-refractivity contribution in [2.75, 3.05) is 17.7 Å². The molecule has 1 aliphatic heterocycles. The number of benzene rings is 2.